The first kappa shape index (κ1) is 14.8. The average Bonchev–Trinajstić information content (AvgIpc) is 3.15. The maximum Gasteiger partial charge on any atom is 0.193 e. The number of hydrogen-bond acceptors (Lipinski definition) is 4. The number of nitrogens with zero attached hydrogens (tertiary/aromatic N) is 2. The Labute approximate surface area is 134 Å². The molecule has 3 aromatic rings. The van der Waals surface area contributed by atoms with Crippen molar-refractivity contribution in [3.05, 3.63) is 72.3 Å². The molecule has 0 fully saturated rings. The summed E-state index contributed by atoms with van der Waals surface area (Å²) in [6.45, 7) is 0. The van der Waals surface area contributed by atoms with Crippen LogP contribution in [-0.4, -0.2) is 29.6 Å². The van der Waals surface area contributed by atoms with E-state index in [0.717, 1.165) is 5.69 Å². The molecule has 0 aliphatic carbocycles. The van der Waals surface area contributed by atoms with Gasteiger partial charge in [0.05, 0.1) is 20.5 Å². The molecule has 0 atom stereocenters. The van der Waals surface area contributed by atoms with Gasteiger partial charge in [0.25, 0.3) is 0 Å². The van der Waals surface area contributed by atoms with Crippen molar-refractivity contribution in [2.24, 2.45) is 0 Å². The number of carbonyl (C=O) groups excluding carboxylic acids is 1. The Morgan fingerprint density at radius 3 is 2.26 bits per heavy atom. The first-order valence-electron chi connectivity index (χ1n) is 7.08. The van der Waals surface area contributed by atoms with Gasteiger partial charge < -0.3 is 14.0 Å². The normalized spacial score (nSPS) is 10.3. The summed E-state index contributed by atoms with van der Waals surface area (Å²) in [5.74, 6) is 1.07. The minimum absolute atomic E-state index is 0.0665. The Balaban J connectivity index is 1.88. The van der Waals surface area contributed by atoms with Crippen molar-refractivity contribution >= 4 is 5.78 Å². The summed E-state index contributed by atoms with van der Waals surface area (Å²) in [6, 6.07) is 12.5. The van der Waals surface area contributed by atoms with Crippen LogP contribution in [0.15, 0.2) is 61.2 Å². The number of methoxy groups -OCH3 is 2. The van der Waals surface area contributed by atoms with Gasteiger partial charge in [0.1, 0.15) is 0 Å². The topological polar surface area (TPSA) is 53.4 Å². The molecule has 0 aliphatic rings. The van der Waals surface area contributed by atoms with Crippen molar-refractivity contribution in [1.82, 2.24) is 9.55 Å². The molecule has 0 saturated carbocycles. The molecular weight excluding hydrogens is 292 g/mol. The van der Waals surface area contributed by atoms with Crippen molar-refractivity contribution in [2.75, 3.05) is 14.2 Å². The Morgan fingerprint density at radius 2 is 1.65 bits per heavy atom. The lowest BCUT2D eigenvalue weighted by atomic mass is 10.0. The number of ketones is 1. The fourth-order valence-electron chi connectivity index (χ4n) is 2.34. The van der Waals surface area contributed by atoms with Crippen LogP contribution in [-0.2, 0) is 0 Å². The molecule has 5 nitrogen and oxygen atoms in total. The monoisotopic (exact) mass is 308 g/mol. The van der Waals surface area contributed by atoms with Gasteiger partial charge >= 0.3 is 0 Å². The van der Waals surface area contributed by atoms with Gasteiger partial charge in [0.15, 0.2) is 17.3 Å². The highest BCUT2D eigenvalue weighted by molar-refractivity contribution is 6.09. The zero-order valence-corrected chi connectivity index (χ0v) is 12.9. The summed E-state index contributed by atoms with van der Waals surface area (Å²) in [7, 11) is 3.11. The van der Waals surface area contributed by atoms with E-state index in [1.807, 2.05) is 22.9 Å². The van der Waals surface area contributed by atoms with E-state index in [4.69, 9.17) is 9.47 Å². The predicted molar refractivity (Wildman–Crippen MR) is 86.5 cm³/mol. The lowest BCUT2D eigenvalue weighted by Gasteiger charge is -2.09. The number of carbonyl (C=O) groups is 1. The Kier molecular flexibility index (Phi) is 4.10. The molecule has 1 heterocycles. The third-order valence-corrected chi connectivity index (χ3v) is 3.58. The molecule has 3 rings (SSSR count). The van der Waals surface area contributed by atoms with Gasteiger partial charge in [-0.05, 0) is 42.5 Å². The van der Waals surface area contributed by atoms with Gasteiger partial charge in [-0.2, -0.15) is 0 Å². The largest absolute Gasteiger partial charge is 0.493 e. The first-order chi connectivity index (χ1) is 11.2. The quantitative estimate of drug-likeness (QED) is 0.680. The summed E-state index contributed by atoms with van der Waals surface area (Å²) < 4.78 is 12.3. The van der Waals surface area contributed by atoms with E-state index in [-0.39, 0.29) is 5.78 Å². The molecule has 23 heavy (non-hydrogen) atoms. The molecule has 0 amide bonds. The number of benzene rings is 2. The molecule has 0 bridgehead atoms. The van der Waals surface area contributed by atoms with Crippen LogP contribution in [0.25, 0.3) is 5.69 Å². The fraction of sp³-hybridized carbons (Fsp3) is 0.111. The molecule has 0 radical (unpaired) electrons. The molecule has 0 aliphatic heterocycles. The van der Waals surface area contributed by atoms with Crippen molar-refractivity contribution in [2.45, 2.75) is 0 Å². The SMILES string of the molecule is COc1ccc(C(=O)c2ccc(-n3ccnc3)cc2)cc1OC. The minimum atomic E-state index is -0.0665. The zero-order valence-electron chi connectivity index (χ0n) is 12.9. The fourth-order valence-corrected chi connectivity index (χ4v) is 2.34. The maximum atomic E-state index is 12.6. The van der Waals surface area contributed by atoms with Crippen LogP contribution in [0, 0.1) is 0 Å². The second kappa shape index (κ2) is 6.36. The Bertz CT molecular complexity index is 809. The summed E-state index contributed by atoms with van der Waals surface area (Å²) in [5, 5.41) is 0. The van der Waals surface area contributed by atoms with Gasteiger partial charge in [0.2, 0.25) is 0 Å². The third-order valence-electron chi connectivity index (χ3n) is 3.58. The molecule has 0 unspecified atom stereocenters. The lowest BCUT2D eigenvalue weighted by Crippen LogP contribution is -2.03. The van der Waals surface area contributed by atoms with Crippen LogP contribution in [0.3, 0.4) is 0 Å². The number of ether oxygens (including phenoxy) is 2. The van der Waals surface area contributed by atoms with Crippen molar-refractivity contribution in [3.8, 4) is 17.2 Å². The average molecular weight is 308 g/mol. The molecule has 116 valence electrons. The van der Waals surface area contributed by atoms with Crippen LogP contribution >= 0.6 is 0 Å². The number of aromatic nitrogens is 2. The van der Waals surface area contributed by atoms with E-state index in [1.54, 1.807) is 57.1 Å². The zero-order chi connectivity index (χ0) is 16.2. The van der Waals surface area contributed by atoms with E-state index in [9.17, 15) is 4.79 Å². The Hall–Kier alpha value is -3.08. The number of imidazole rings is 1. The minimum Gasteiger partial charge on any atom is -0.493 e. The van der Waals surface area contributed by atoms with Gasteiger partial charge in [0, 0.05) is 29.2 Å². The predicted octanol–water partition coefficient (Wildman–Crippen LogP) is 3.12. The number of hydrogen-bond donors (Lipinski definition) is 0. The second-order valence-electron chi connectivity index (χ2n) is 4.92. The summed E-state index contributed by atoms with van der Waals surface area (Å²) in [4.78, 5) is 16.6. The molecule has 0 saturated heterocycles. The first-order valence-corrected chi connectivity index (χ1v) is 7.08. The molecular formula is C18H16N2O3. The van der Waals surface area contributed by atoms with Gasteiger partial charge in [-0.1, -0.05) is 0 Å². The van der Waals surface area contributed by atoms with E-state index in [0.29, 0.717) is 22.6 Å². The second-order valence-corrected chi connectivity index (χ2v) is 4.92. The molecule has 5 heteroatoms. The van der Waals surface area contributed by atoms with Crippen LogP contribution < -0.4 is 9.47 Å². The van der Waals surface area contributed by atoms with Crippen LogP contribution in [0.4, 0.5) is 0 Å². The van der Waals surface area contributed by atoms with E-state index >= 15 is 0 Å². The summed E-state index contributed by atoms with van der Waals surface area (Å²) in [5.41, 5.74) is 2.12. The lowest BCUT2D eigenvalue weighted by molar-refractivity contribution is 0.103. The smallest absolute Gasteiger partial charge is 0.193 e. The van der Waals surface area contributed by atoms with Crippen molar-refractivity contribution < 1.29 is 14.3 Å². The maximum absolute atomic E-state index is 12.6. The number of rotatable bonds is 5. The van der Waals surface area contributed by atoms with Crippen LogP contribution in [0.2, 0.25) is 0 Å². The van der Waals surface area contributed by atoms with Gasteiger partial charge in [-0.3, -0.25) is 4.79 Å². The van der Waals surface area contributed by atoms with E-state index < -0.39 is 0 Å². The third kappa shape index (κ3) is 2.94. The van der Waals surface area contributed by atoms with Crippen molar-refractivity contribution in [3.63, 3.8) is 0 Å². The standard InChI is InChI=1S/C18H16N2O3/c1-22-16-8-5-14(11-17(16)23-2)18(21)13-3-6-15(7-4-13)20-10-9-19-12-20/h3-12H,1-2H3. The highest BCUT2D eigenvalue weighted by Crippen LogP contribution is 2.28. The highest BCUT2D eigenvalue weighted by Gasteiger charge is 2.13. The van der Waals surface area contributed by atoms with Gasteiger partial charge in [-0.15, -0.1) is 0 Å². The Morgan fingerprint density at radius 1 is 0.957 bits per heavy atom. The van der Waals surface area contributed by atoms with E-state index in [1.165, 1.54) is 0 Å². The van der Waals surface area contributed by atoms with Crippen LogP contribution in [0.5, 0.6) is 11.5 Å². The molecule has 0 spiro atoms. The highest BCUT2D eigenvalue weighted by atomic mass is 16.5. The molecule has 0 N–H and O–H groups in total. The van der Waals surface area contributed by atoms with E-state index in [2.05, 4.69) is 4.98 Å². The molecule has 1 aromatic heterocycles. The molecule has 2 aromatic carbocycles. The summed E-state index contributed by atoms with van der Waals surface area (Å²) >= 11 is 0. The van der Waals surface area contributed by atoms with Crippen molar-refractivity contribution in [1.29, 1.82) is 0 Å². The van der Waals surface area contributed by atoms with Crippen LogP contribution in [0.1, 0.15) is 15.9 Å². The van der Waals surface area contributed by atoms with Gasteiger partial charge in [-0.25, -0.2) is 4.98 Å². The summed E-state index contributed by atoms with van der Waals surface area (Å²) in [6.07, 6.45) is 5.28.